The van der Waals surface area contributed by atoms with Gasteiger partial charge in [-0.05, 0) is 24.7 Å². The summed E-state index contributed by atoms with van der Waals surface area (Å²) in [6.07, 6.45) is 5.01. The predicted octanol–water partition coefficient (Wildman–Crippen LogP) is 10.3. The van der Waals surface area contributed by atoms with Gasteiger partial charge >= 0.3 is 0 Å². The Bertz CT molecular complexity index is 847. The SMILES string of the molecule is CC(C)(C)[C@@H](C[C@H](O[Si]([Si](C)(C)C)([Si](C)(C)C)[Si](C)(C)C)[C@@H]1CCCCC1=O)O[Si]([Si](C)(C)C)([Si](C)(C)C)[Si](C)(C)C. The second-order valence-electron chi connectivity index (χ2n) is 21.0. The largest absolute Gasteiger partial charge is 0.422 e. The number of ketones is 1. The first kappa shape index (κ1) is 41.3. The highest BCUT2D eigenvalue weighted by Crippen LogP contribution is 2.45. The molecule has 0 aromatic rings. The summed E-state index contributed by atoms with van der Waals surface area (Å²) in [6.45, 7) is 50.3. The van der Waals surface area contributed by atoms with Crippen molar-refractivity contribution < 1.29 is 13.6 Å². The molecule has 0 unspecified atom stereocenters. The Balaban J connectivity index is 4.03. The molecule has 0 amide bonds. The average Bonchev–Trinajstić information content (AvgIpc) is 2.67. The van der Waals surface area contributed by atoms with Crippen LogP contribution in [0, 0.1) is 11.3 Å². The van der Waals surface area contributed by atoms with Crippen molar-refractivity contribution in [2.45, 2.75) is 183 Å². The molecule has 0 saturated heterocycles. The monoisotopic (exact) mass is 720 g/mol. The van der Waals surface area contributed by atoms with Gasteiger partial charge in [-0.25, -0.2) is 0 Å². The van der Waals surface area contributed by atoms with E-state index in [4.69, 9.17) is 8.85 Å². The number of carbonyl (C=O) groups is 1. The van der Waals surface area contributed by atoms with E-state index in [1.165, 1.54) is 0 Å². The molecule has 0 bridgehead atoms. The van der Waals surface area contributed by atoms with Crippen molar-refractivity contribution in [2.75, 3.05) is 0 Å². The Morgan fingerprint density at radius 2 is 0.929 bits per heavy atom. The van der Waals surface area contributed by atoms with E-state index in [0.717, 1.165) is 32.1 Å². The number of Topliss-reactive ketones (excluding diaryl/α,β-unsaturated/α-hetero) is 1. The van der Waals surface area contributed by atoms with E-state index >= 15 is 0 Å². The van der Waals surface area contributed by atoms with Crippen LogP contribution < -0.4 is 0 Å². The third kappa shape index (κ3) is 8.24. The van der Waals surface area contributed by atoms with Crippen molar-refractivity contribution in [3.8, 4) is 0 Å². The zero-order valence-corrected chi connectivity index (χ0v) is 40.5. The summed E-state index contributed by atoms with van der Waals surface area (Å²) >= 11 is 0. The van der Waals surface area contributed by atoms with Gasteiger partial charge in [-0.2, -0.15) is 0 Å². The van der Waals surface area contributed by atoms with Crippen LogP contribution in [0.25, 0.3) is 0 Å². The number of hydrogen-bond acceptors (Lipinski definition) is 3. The molecule has 250 valence electrons. The van der Waals surface area contributed by atoms with Crippen LogP contribution in [0.4, 0.5) is 0 Å². The van der Waals surface area contributed by atoms with Crippen molar-refractivity contribution in [1.82, 2.24) is 0 Å². The van der Waals surface area contributed by atoms with Crippen molar-refractivity contribution >= 4 is 65.1 Å². The maximum absolute atomic E-state index is 13.8. The van der Waals surface area contributed by atoms with Gasteiger partial charge < -0.3 is 8.85 Å². The summed E-state index contributed by atoms with van der Waals surface area (Å²) in [5, 5.41) is 0. The molecule has 0 aromatic carbocycles. The molecule has 0 spiro atoms. The summed E-state index contributed by atoms with van der Waals surface area (Å²) in [7, 11) is -9.90. The predicted molar refractivity (Wildman–Crippen MR) is 212 cm³/mol. The van der Waals surface area contributed by atoms with Gasteiger partial charge in [-0.1, -0.05) is 145 Å². The molecule has 1 saturated carbocycles. The fourth-order valence-corrected chi connectivity index (χ4v) is 199. The van der Waals surface area contributed by atoms with E-state index < -0.39 is 59.3 Å². The van der Waals surface area contributed by atoms with Crippen LogP contribution in [-0.4, -0.2) is 77.3 Å². The van der Waals surface area contributed by atoms with E-state index in [9.17, 15) is 4.79 Å². The fraction of sp³-hybridized carbons (Fsp3) is 0.968. The molecule has 0 N–H and O–H groups in total. The highest BCUT2D eigenvalue weighted by atomic mass is 29.9. The quantitative estimate of drug-likeness (QED) is 0.178. The van der Waals surface area contributed by atoms with E-state index in [1.807, 2.05) is 0 Å². The van der Waals surface area contributed by atoms with Gasteiger partial charge in [0.05, 0.1) is 57.8 Å². The highest BCUT2D eigenvalue weighted by Gasteiger charge is 2.67. The summed E-state index contributed by atoms with van der Waals surface area (Å²) in [5.41, 5.74) is -0.00176. The average molecular weight is 722 g/mol. The summed E-state index contributed by atoms with van der Waals surface area (Å²) in [4.78, 5) is 13.8. The highest BCUT2D eigenvalue weighted by molar-refractivity contribution is 7.88. The standard InChI is InChI=1S/C31H76O3Si8/c1-31(2,3)30(34-42(38(13,14)15,39(16,17)18)40(19,20)21)26-29(27-24-22-23-25-28(27)32)33-41(35(4,5)6,36(7,8)9)37(10,11)12/h27,29-30H,22-26H2,1-21H3/t27-,29+,30-/m1/s1. The van der Waals surface area contributed by atoms with Crippen LogP contribution in [0.1, 0.15) is 52.9 Å². The first-order valence-electron chi connectivity index (χ1n) is 17.1. The van der Waals surface area contributed by atoms with Gasteiger partial charge in [0.25, 0.3) is 0 Å². The molecule has 1 aliphatic carbocycles. The normalized spacial score (nSPS) is 21.0. The molecule has 0 heterocycles. The van der Waals surface area contributed by atoms with Gasteiger partial charge in [0.15, 0.2) is 13.7 Å². The Labute approximate surface area is 271 Å². The molecular formula is C31H76O3Si8. The lowest BCUT2D eigenvalue weighted by atomic mass is 9.78. The molecule has 1 aliphatic rings. The topological polar surface area (TPSA) is 35.5 Å². The second kappa shape index (κ2) is 13.1. The molecule has 3 atom stereocenters. The lowest BCUT2D eigenvalue weighted by Crippen LogP contribution is -2.86. The smallest absolute Gasteiger partial charge is 0.158 e. The molecule has 0 aromatic heterocycles. The summed E-state index contributed by atoms with van der Waals surface area (Å²) in [5.74, 6) is 0.525. The van der Waals surface area contributed by atoms with Crippen LogP contribution in [-0.2, 0) is 13.6 Å². The van der Waals surface area contributed by atoms with E-state index in [0.29, 0.717) is 5.78 Å². The minimum Gasteiger partial charge on any atom is -0.422 e. The van der Waals surface area contributed by atoms with Crippen LogP contribution in [0.2, 0.25) is 118 Å². The van der Waals surface area contributed by atoms with E-state index in [-0.39, 0.29) is 23.5 Å². The molecule has 3 nitrogen and oxygen atoms in total. The molecule has 42 heavy (non-hydrogen) atoms. The van der Waals surface area contributed by atoms with Crippen molar-refractivity contribution in [1.29, 1.82) is 0 Å². The molecule has 1 rings (SSSR count). The van der Waals surface area contributed by atoms with Gasteiger partial charge in [0.2, 0.25) is 0 Å². The van der Waals surface area contributed by atoms with Gasteiger partial charge in [0.1, 0.15) is 5.78 Å². The zero-order valence-electron chi connectivity index (χ0n) is 32.5. The maximum Gasteiger partial charge on any atom is 0.158 e. The third-order valence-electron chi connectivity index (χ3n) is 10.4. The van der Waals surface area contributed by atoms with Crippen LogP contribution in [0.5, 0.6) is 0 Å². The van der Waals surface area contributed by atoms with Crippen molar-refractivity contribution in [2.24, 2.45) is 11.3 Å². The van der Waals surface area contributed by atoms with Crippen LogP contribution in [0.15, 0.2) is 0 Å². The first-order valence-corrected chi connectivity index (χ1v) is 47.9. The lowest BCUT2D eigenvalue weighted by Gasteiger charge is -2.60. The molecule has 0 radical (unpaired) electrons. The van der Waals surface area contributed by atoms with Crippen LogP contribution >= 0.6 is 0 Å². The van der Waals surface area contributed by atoms with E-state index in [2.05, 4.69) is 139 Å². The van der Waals surface area contributed by atoms with E-state index in [1.54, 1.807) is 0 Å². The maximum atomic E-state index is 13.8. The Hall–Kier alpha value is 1.33. The second-order valence-corrected chi connectivity index (χ2v) is 99.9. The fourth-order valence-electron chi connectivity index (χ4n) is 10.7. The lowest BCUT2D eigenvalue weighted by molar-refractivity contribution is -0.128. The Kier molecular flexibility index (Phi) is 12.9. The molecule has 1 fully saturated rings. The van der Waals surface area contributed by atoms with Gasteiger partial charge in [-0.3, -0.25) is 4.79 Å². The molecular weight excluding hydrogens is 645 g/mol. The van der Waals surface area contributed by atoms with Crippen LogP contribution in [0.3, 0.4) is 0 Å². The molecule has 0 aliphatic heterocycles. The Morgan fingerprint density at radius 3 is 1.21 bits per heavy atom. The Morgan fingerprint density at radius 1 is 0.595 bits per heavy atom. The zero-order chi connectivity index (χ0) is 33.8. The minimum absolute atomic E-state index is 0.00176. The van der Waals surface area contributed by atoms with Crippen molar-refractivity contribution in [3.63, 3.8) is 0 Å². The summed E-state index contributed by atoms with van der Waals surface area (Å²) in [6, 6.07) is 0. The molecule has 11 heteroatoms. The minimum atomic E-state index is -2.13. The van der Waals surface area contributed by atoms with Crippen molar-refractivity contribution in [3.05, 3.63) is 0 Å². The number of carbonyl (C=O) groups excluding carboxylic acids is 1. The summed E-state index contributed by atoms with van der Waals surface area (Å²) < 4.78 is 16.2. The number of hydrogen-bond donors (Lipinski definition) is 0. The van der Waals surface area contributed by atoms with Gasteiger partial charge in [-0.15, -0.1) is 0 Å². The number of rotatable bonds is 13. The van der Waals surface area contributed by atoms with Gasteiger partial charge in [0, 0.05) is 12.3 Å². The third-order valence-corrected chi connectivity index (χ3v) is 146. The first-order chi connectivity index (χ1) is 18.2.